The van der Waals surface area contributed by atoms with E-state index in [0.717, 1.165) is 24.0 Å². The van der Waals surface area contributed by atoms with Gasteiger partial charge in [-0.1, -0.05) is 36.7 Å². The second-order valence-electron chi connectivity index (χ2n) is 5.13. The van der Waals surface area contributed by atoms with Crippen LogP contribution in [-0.4, -0.2) is 6.04 Å². The summed E-state index contributed by atoms with van der Waals surface area (Å²) in [5.74, 6) is 0.198. The maximum absolute atomic E-state index is 13.8. The van der Waals surface area contributed by atoms with Crippen LogP contribution < -0.4 is 10.5 Å². The number of nitrogens with two attached hydrogens (primary N) is 1. The summed E-state index contributed by atoms with van der Waals surface area (Å²) in [7, 11) is 0. The Labute approximate surface area is 129 Å². The van der Waals surface area contributed by atoms with Gasteiger partial charge in [-0.15, -0.1) is 0 Å². The van der Waals surface area contributed by atoms with Crippen molar-refractivity contribution in [2.75, 3.05) is 0 Å². The van der Waals surface area contributed by atoms with Crippen LogP contribution in [0.15, 0.2) is 36.4 Å². The first kappa shape index (κ1) is 15.8. The molecule has 0 aliphatic carbocycles. The van der Waals surface area contributed by atoms with E-state index in [1.54, 1.807) is 12.1 Å². The Balaban J connectivity index is 2.19. The monoisotopic (exact) mass is 307 g/mol. The molecule has 0 spiro atoms. The molecule has 1 atom stereocenters. The van der Waals surface area contributed by atoms with Crippen molar-refractivity contribution in [3.8, 4) is 11.5 Å². The fourth-order valence-electron chi connectivity index (χ4n) is 2.08. The molecule has 0 aliphatic rings. The fraction of sp³-hybridized carbons (Fsp3) is 0.294. The number of hydrogen-bond donors (Lipinski definition) is 1. The van der Waals surface area contributed by atoms with Crippen molar-refractivity contribution in [1.29, 1.82) is 0 Å². The van der Waals surface area contributed by atoms with Gasteiger partial charge in [0, 0.05) is 6.04 Å². The summed E-state index contributed by atoms with van der Waals surface area (Å²) in [6.07, 6.45) is 1.76. The molecule has 2 aromatic rings. The van der Waals surface area contributed by atoms with E-state index in [9.17, 15) is 4.39 Å². The lowest BCUT2D eigenvalue weighted by molar-refractivity contribution is 0.439. The van der Waals surface area contributed by atoms with Crippen molar-refractivity contribution < 1.29 is 9.13 Å². The molecular formula is C17H19ClFNO. The number of halogens is 2. The molecule has 2 aromatic carbocycles. The van der Waals surface area contributed by atoms with Gasteiger partial charge in [0.25, 0.3) is 0 Å². The summed E-state index contributed by atoms with van der Waals surface area (Å²) in [6.45, 7) is 4.00. The van der Waals surface area contributed by atoms with Gasteiger partial charge in [0.2, 0.25) is 0 Å². The molecule has 2 rings (SSSR count). The van der Waals surface area contributed by atoms with Crippen molar-refractivity contribution in [2.24, 2.45) is 5.73 Å². The maximum Gasteiger partial charge on any atom is 0.184 e. The lowest BCUT2D eigenvalue weighted by Gasteiger charge is -2.13. The highest BCUT2D eigenvalue weighted by atomic mass is 35.5. The molecule has 0 aliphatic heterocycles. The van der Waals surface area contributed by atoms with Gasteiger partial charge in [0.05, 0.1) is 5.02 Å². The van der Waals surface area contributed by atoms with E-state index in [0.29, 0.717) is 5.75 Å². The summed E-state index contributed by atoms with van der Waals surface area (Å²) >= 11 is 5.75. The van der Waals surface area contributed by atoms with E-state index in [1.807, 2.05) is 25.1 Å². The number of aryl methyl sites for hydroxylation is 1. The normalized spacial score (nSPS) is 12.2. The summed E-state index contributed by atoms with van der Waals surface area (Å²) in [4.78, 5) is 0. The third-order valence-corrected chi connectivity index (χ3v) is 3.69. The first-order valence-electron chi connectivity index (χ1n) is 6.98. The van der Waals surface area contributed by atoms with Gasteiger partial charge in [-0.05, 0) is 49.1 Å². The van der Waals surface area contributed by atoms with Crippen LogP contribution in [0.3, 0.4) is 0 Å². The van der Waals surface area contributed by atoms with Gasteiger partial charge in [0.1, 0.15) is 5.75 Å². The van der Waals surface area contributed by atoms with Crippen molar-refractivity contribution in [3.63, 3.8) is 0 Å². The minimum Gasteiger partial charge on any atom is -0.454 e. The van der Waals surface area contributed by atoms with Crippen molar-refractivity contribution >= 4 is 11.6 Å². The number of rotatable bonds is 5. The van der Waals surface area contributed by atoms with Crippen LogP contribution in [0, 0.1) is 12.7 Å². The van der Waals surface area contributed by atoms with Gasteiger partial charge >= 0.3 is 0 Å². The minimum absolute atomic E-state index is 0.0516. The molecule has 2 nitrogen and oxygen atoms in total. The summed E-state index contributed by atoms with van der Waals surface area (Å²) < 4.78 is 19.5. The molecular weight excluding hydrogens is 289 g/mol. The average Bonchev–Trinajstić information content (AvgIpc) is 2.46. The summed E-state index contributed by atoms with van der Waals surface area (Å²) in [6, 6.07) is 10.7. The molecule has 2 N–H and O–H groups in total. The third kappa shape index (κ3) is 3.96. The number of benzene rings is 2. The molecule has 0 amide bonds. The van der Waals surface area contributed by atoms with Crippen LogP contribution in [0.2, 0.25) is 5.02 Å². The van der Waals surface area contributed by atoms with Crippen molar-refractivity contribution in [2.45, 2.75) is 32.7 Å². The van der Waals surface area contributed by atoms with Crippen LogP contribution >= 0.6 is 11.6 Å². The maximum atomic E-state index is 13.8. The molecule has 4 heteroatoms. The quantitative estimate of drug-likeness (QED) is 0.856. The Morgan fingerprint density at radius 1 is 1.24 bits per heavy atom. The Morgan fingerprint density at radius 2 is 2.00 bits per heavy atom. The van der Waals surface area contributed by atoms with Gasteiger partial charge in [-0.2, -0.15) is 0 Å². The predicted octanol–water partition coefficient (Wildman–Crippen LogP) is 4.86. The Bertz CT molecular complexity index is 630. The van der Waals surface area contributed by atoms with Gasteiger partial charge in [0.15, 0.2) is 11.6 Å². The van der Waals surface area contributed by atoms with E-state index in [-0.39, 0.29) is 16.8 Å². The Kier molecular flexibility index (Phi) is 5.21. The lowest BCUT2D eigenvalue weighted by Crippen LogP contribution is -2.21. The first-order chi connectivity index (χ1) is 10.0. The van der Waals surface area contributed by atoms with Crippen LogP contribution in [-0.2, 0) is 6.42 Å². The second kappa shape index (κ2) is 6.92. The standard InChI is InChI=1S/C17H19ClFNO/c1-3-13(20)10-12-7-8-15(11(2)9-12)21-16-6-4-5-14(18)17(16)19/h4-9,13H,3,10,20H2,1-2H3. The van der Waals surface area contributed by atoms with E-state index in [2.05, 4.69) is 6.92 Å². The van der Waals surface area contributed by atoms with Crippen LogP contribution in [0.5, 0.6) is 11.5 Å². The number of hydrogen-bond acceptors (Lipinski definition) is 2. The molecule has 21 heavy (non-hydrogen) atoms. The SMILES string of the molecule is CCC(N)Cc1ccc(Oc2cccc(Cl)c2F)c(C)c1. The average molecular weight is 308 g/mol. The van der Waals surface area contributed by atoms with Crippen molar-refractivity contribution in [1.82, 2.24) is 0 Å². The van der Waals surface area contributed by atoms with Gasteiger partial charge in [-0.25, -0.2) is 4.39 Å². The molecule has 0 radical (unpaired) electrons. The summed E-state index contributed by atoms with van der Waals surface area (Å²) in [5, 5.41) is 0.0516. The van der Waals surface area contributed by atoms with Crippen LogP contribution in [0.25, 0.3) is 0 Å². The zero-order valence-electron chi connectivity index (χ0n) is 12.2. The molecule has 112 valence electrons. The lowest BCUT2D eigenvalue weighted by atomic mass is 10.0. The fourth-order valence-corrected chi connectivity index (χ4v) is 2.25. The Hall–Kier alpha value is -1.58. The molecule has 1 unspecified atom stereocenters. The van der Waals surface area contributed by atoms with E-state index >= 15 is 0 Å². The van der Waals surface area contributed by atoms with Crippen LogP contribution in [0.1, 0.15) is 24.5 Å². The number of ether oxygens (including phenoxy) is 1. The molecule has 0 heterocycles. The van der Waals surface area contributed by atoms with Gasteiger partial charge < -0.3 is 10.5 Å². The predicted molar refractivity (Wildman–Crippen MR) is 84.6 cm³/mol. The van der Waals surface area contributed by atoms with E-state index in [4.69, 9.17) is 22.1 Å². The topological polar surface area (TPSA) is 35.2 Å². The molecule has 0 saturated carbocycles. The second-order valence-corrected chi connectivity index (χ2v) is 5.53. The highest BCUT2D eigenvalue weighted by molar-refractivity contribution is 6.30. The molecule has 0 aromatic heterocycles. The van der Waals surface area contributed by atoms with E-state index in [1.165, 1.54) is 6.07 Å². The Morgan fingerprint density at radius 3 is 2.67 bits per heavy atom. The minimum atomic E-state index is -0.546. The highest BCUT2D eigenvalue weighted by Gasteiger charge is 2.10. The highest BCUT2D eigenvalue weighted by Crippen LogP contribution is 2.31. The smallest absolute Gasteiger partial charge is 0.184 e. The zero-order valence-corrected chi connectivity index (χ0v) is 13.0. The third-order valence-electron chi connectivity index (χ3n) is 3.40. The van der Waals surface area contributed by atoms with E-state index < -0.39 is 5.82 Å². The molecule has 0 saturated heterocycles. The van der Waals surface area contributed by atoms with Gasteiger partial charge in [-0.3, -0.25) is 0 Å². The molecule has 0 bridgehead atoms. The van der Waals surface area contributed by atoms with Crippen molar-refractivity contribution in [3.05, 3.63) is 58.4 Å². The first-order valence-corrected chi connectivity index (χ1v) is 7.36. The summed E-state index contributed by atoms with van der Waals surface area (Å²) in [5.41, 5.74) is 8.05. The largest absolute Gasteiger partial charge is 0.454 e. The zero-order chi connectivity index (χ0) is 15.4. The van der Waals surface area contributed by atoms with Crippen LogP contribution in [0.4, 0.5) is 4.39 Å². The molecule has 0 fully saturated rings.